The molecule has 1 atom stereocenters. The van der Waals surface area contributed by atoms with Gasteiger partial charge in [-0.05, 0) is 30.0 Å². The van der Waals surface area contributed by atoms with E-state index in [4.69, 9.17) is 5.41 Å². The zero-order valence-electron chi connectivity index (χ0n) is 9.90. The number of hydrogen-bond acceptors (Lipinski definition) is 1. The molecule has 0 radical (unpaired) electrons. The van der Waals surface area contributed by atoms with Gasteiger partial charge in [-0.2, -0.15) is 0 Å². The van der Waals surface area contributed by atoms with Crippen LogP contribution < -0.4 is 0 Å². The van der Waals surface area contributed by atoms with E-state index < -0.39 is 0 Å². The summed E-state index contributed by atoms with van der Waals surface area (Å²) in [7, 11) is 0. The molecule has 1 heteroatoms. The first-order valence-electron chi connectivity index (χ1n) is 5.94. The van der Waals surface area contributed by atoms with Crippen LogP contribution in [-0.2, 0) is 6.42 Å². The first-order valence-corrected chi connectivity index (χ1v) is 5.94. The average Bonchev–Trinajstić information content (AvgIpc) is 2.46. The summed E-state index contributed by atoms with van der Waals surface area (Å²) in [6.45, 7) is 2.14. The van der Waals surface area contributed by atoms with Gasteiger partial charge in [-0.15, -0.1) is 0 Å². The predicted molar refractivity (Wildman–Crippen MR) is 72.2 cm³/mol. The van der Waals surface area contributed by atoms with Crippen LogP contribution in [0.5, 0.6) is 0 Å². The minimum atomic E-state index is -0.238. The Bertz CT molecular complexity index is 575. The van der Waals surface area contributed by atoms with Crippen LogP contribution >= 0.6 is 0 Å². The SMILES string of the molecule is CC1(C=N)C2=CC=CC=C1c1ccccc1C2. The van der Waals surface area contributed by atoms with Gasteiger partial charge >= 0.3 is 0 Å². The van der Waals surface area contributed by atoms with Gasteiger partial charge < -0.3 is 5.41 Å². The molecule has 2 bridgehead atoms. The number of rotatable bonds is 1. The van der Waals surface area contributed by atoms with Crippen molar-refractivity contribution >= 4 is 11.8 Å². The van der Waals surface area contributed by atoms with Crippen LogP contribution in [0.2, 0.25) is 0 Å². The lowest BCUT2D eigenvalue weighted by Crippen LogP contribution is -2.28. The van der Waals surface area contributed by atoms with E-state index in [1.165, 1.54) is 22.3 Å². The lowest BCUT2D eigenvalue weighted by atomic mass is 9.66. The summed E-state index contributed by atoms with van der Waals surface area (Å²) in [4.78, 5) is 0. The molecule has 0 amide bonds. The second-order valence-electron chi connectivity index (χ2n) is 4.84. The zero-order valence-corrected chi connectivity index (χ0v) is 9.90. The second kappa shape index (κ2) is 3.56. The molecule has 84 valence electrons. The molecule has 1 N–H and O–H groups in total. The molecular formula is C16H15N. The lowest BCUT2D eigenvalue weighted by molar-refractivity contribution is 0.703. The van der Waals surface area contributed by atoms with Crippen molar-refractivity contribution in [2.75, 3.05) is 0 Å². The van der Waals surface area contributed by atoms with Crippen molar-refractivity contribution in [1.29, 1.82) is 5.41 Å². The molecule has 2 aliphatic rings. The third kappa shape index (κ3) is 1.35. The van der Waals surface area contributed by atoms with Gasteiger partial charge in [0.05, 0.1) is 0 Å². The smallest absolute Gasteiger partial charge is 0.0491 e. The first kappa shape index (κ1) is 10.3. The van der Waals surface area contributed by atoms with Gasteiger partial charge in [0.15, 0.2) is 0 Å². The van der Waals surface area contributed by atoms with Crippen molar-refractivity contribution < 1.29 is 0 Å². The highest BCUT2D eigenvalue weighted by Gasteiger charge is 2.36. The molecule has 2 aliphatic carbocycles. The molecule has 0 saturated heterocycles. The summed E-state index contributed by atoms with van der Waals surface area (Å²) >= 11 is 0. The molecule has 0 heterocycles. The van der Waals surface area contributed by atoms with E-state index >= 15 is 0 Å². The highest BCUT2D eigenvalue weighted by atomic mass is 14.5. The lowest BCUT2D eigenvalue weighted by Gasteiger charge is -2.36. The van der Waals surface area contributed by atoms with Gasteiger partial charge in [-0.1, -0.05) is 54.1 Å². The summed E-state index contributed by atoms with van der Waals surface area (Å²) < 4.78 is 0. The van der Waals surface area contributed by atoms with E-state index in [-0.39, 0.29) is 5.41 Å². The minimum Gasteiger partial charge on any atom is -0.312 e. The van der Waals surface area contributed by atoms with E-state index in [0.29, 0.717) is 0 Å². The summed E-state index contributed by atoms with van der Waals surface area (Å²) in [6.07, 6.45) is 11.0. The zero-order chi connectivity index (χ0) is 11.9. The molecular weight excluding hydrogens is 206 g/mol. The Hall–Kier alpha value is -1.89. The predicted octanol–water partition coefficient (Wildman–Crippen LogP) is 3.78. The van der Waals surface area contributed by atoms with E-state index in [2.05, 4.69) is 55.5 Å². The first-order chi connectivity index (χ1) is 8.25. The van der Waals surface area contributed by atoms with Crippen LogP contribution in [-0.4, -0.2) is 6.21 Å². The Morgan fingerprint density at radius 1 is 1.18 bits per heavy atom. The Labute approximate surface area is 102 Å². The molecule has 0 fully saturated rings. The van der Waals surface area contributed by atoms with Crippen LogP contribution in [0.1, 0.15) is 18.1 Å². The number of nitrogens with one attached hydrogen (secondary N) is 1. The van der Waals surface area contributed by atoms with E-state index in [1.54, 1.807) is 6.21 Å². The number of fused-ring (bicyclic) bond motifs is 4. The van der Waals surface area contributed by atoms with Gasteiger partial charge in [0.2, 0.25) is 0 Å². The normalized spacial score (nSPS) is 25.5. The fourth-order valence-corrected chi connectivity index (χ4v) is 2.77. The van der Waals surface area contributed by atoms with Gasteiger partial charge in [0.25, 0.3) is 0 Å². The molecule has 17 heavy (non-hydrogen) atoms. The number of hydrogen-bond donors (Lipinski definition) is 1. The van der Waals surface area contributed by atoms with Gasteiger partial charge in [-0.3, -0.25) is 0 Å². The molecule has 0 aromatic heterocycles. The Kier molecular flexibility index (Phi) is 2.15. The average molecular weight is 221 g/mol. The van der Waals surface area contributed by atoms with Crippen molar-refractivity contribution in [1.82, 2.24) is 0 Å². The van der Waals surface area contributed by atoms with Crippen molar-refractivity contribution in [3.05, 3.63) is 65.3 Å². The molecule has 0 saturated carbocycles. The van der Waals surface area contributed by atoms with E-state index in [1.807, 2.05) is 0 Å². The molecule has 3 rings (SSSR count). The van der Waals surface area contributed by atoms with Crippen molar-refractivity contribution in [3.63, 3.8) is 0 Å². The molecule has 0 aliphatic heterocycles. The maximum absolute atomic E-state index is 7.80. The van der Waals surface area contributed by atoms with Crippen LogP contribution in [0.25, 0.3) is 5.57 Å². The van der Waals surface area contributed by atoms with Crippen molar-refractivity contribution in [2.24, 2.45) is 5.41 Å². The second-order valence-corrected chi connectivity index (χ2v) is 4.84. The summed E-state index contributed by atoms with van der Waals surface area (Å²) in [5.74, 6) is 0. The summed E-state index contributed by atoms with van der Waals surface area (Å²) in [6, 6.07) is 8.52. The van der Waals surface area contributed by atoms with Crippen LogP contribution in [0.3, 0.4) is 0 Å². The maximum atomic E-state index is 7.80. The van der Waals surface area contributed by atoms with E-state index in [0.717, 1.165) is 6.42 Å². The molecule has 1 aromatic carbocycles. The number of benzene rings is 1. The number of allylic oxidation sites excluding steroid dienone is 6. The van der Waals surface area contributed by atoms with Gasteiger partial charge in [0, 0.05) is 11.6 Å². The molecule has 1 unspecified atom stereocenters. The highest BCUT2D eigenvalue weighted by molar-refractivity contribution is 5.93. The standard InChI is InChI=1S/C16H15N/c1-16(11-17)13-7-3-5-9-15(16)14-8-4-2-6-12(14)10-13/h2-9,11,17H,10H2,1H3. The van der Waals surface area contributed by atoms with E-state index in [9.17, 15) is 0 Å². The monoisotopic (exact) mass is 221 g/mol. The van der Waals surface area contributed by atoms with Crippen molar-refractivity contribution in [2.45, 2.75) is 13.3 Å². The quantitative estimate of drug-likeness (QED) is 0.698. The Morgan fingerprint density at radius 2 is 1.94 bits per heavy atom. The van der Waals surface area contributed by atoms with Crippen LogP contribution in [0.4, 0.5) is 0 Å². The summed E-state index contributed by atoms with van der Waals surface area (Å²) in [5.41, 5.74) is 4.98. The minimum absolute atomic E-state index is 0.238. The Morgan fingerprint density at radius 3 is 2.76 bits per heavy atom. The van der Waals surface area contributed by atoms with Gasteiger partial charge in [-0.25, -0.2) is 0 Å². The topological polar surface area (TPSA) is 23.9 Å². The molecule has 1 nitrogen and oxygen atoms in total. The summed E-state index contributed by atoms with van der Waals surface area (Å²) in [5, 5.41) is 7.80. The third-order valence-electron chi connectivity index (χ3n) is 3.88. The fraction of sp³-hybridized carbons (Fsp3) is 0.188. The van der Waals surface area contributed by atoms with Crippen LogP contribution in [0.15, 0.2) is 54.1 Å². The molecule has 1 aromatic rings. The maximum Gasteiger partial charge on any atom is 0.0491 e. The Balaban J connectivity index is 2.33. The molecule has 0 spiro atoms. The third-order valence-corrected chi connectivity index (χ3v) is 3.88. The fourth-order valence-electron chi connectivity index (χ4n) is 2.77. The van der Waals surface area contributed by atoms with Gasteiger partial charge in [0.1, 0.15) is 0 Å². The highest BCUT2D eigenvalue weighted by Crippen LogP contribution is 2.47. The largest absolute Gasteiger partial charge is 0.312 e. The van der Waals surface area contributed by atoms with Crippen LogP contribution in [0, 0.1) is 10.8 Å². The van der Waals surface area contributed by atoms with Crippen molar-refractivity contribution in [3.8, 4) is 0 Å².